The summed E-state index contributed by atoms with van der Waals surface area (Å²) in [5.41, 5.74) is 2.22. The lowest BCUT2D eigenvalue weighted by molar-refractivity contribution is 0.102. The summed E-state index contributed by atoms with van der Waals surface area (Å²) in [6.45, 7) is 2.06. The highest BCUT2D eigenvalue weighted by molar-refractivity contribution is 8.00. The molecule has 0 spiro atoms. The van der Waals surface area contributed by atoms with Gasteiger partial charge in [0.05, 0.1) is 5.25 Å². The van der Waals surface area contributed by atoms with Crippen molar-refractivity contribution < 1.29 is 4.84 Å². The fraction of sp³-hybridized carbons (Fsp3) is 0.364. The zero-order chi connectivity index (χ0) is 9.97. The largest absolute Gasteiger partial charge is 0.391 e. The quantitative estimate of drug-likeness (QED) is 0.743. The Kier molecular flexibility index (Phi) is 2.77. The maximum absolute atomic E-state index is 5.29. The molecule has 0 saturated heterocycles. The van der Waals surface area contributed by atoms with E-state index in [2.05, 4.69) is 30.5 Å². The van der Waals surface area contributed by atoms with Crippen molar-refractivity contribution in [1.29, 1.82) is 0 Å². The molecular weight excluding hydrogens is 194 g/mol. The van der Waals surface area contributed by atoms with Crippen LogP contribution < -0.4 is 0 Å². The van der Waals surface area contributed by atoms with Gasteiger partial charge in [-0.25, -0.2) is 0 Å². The van der Waals surface area contributed by atoms with Crippen LogP contribution in [0.4, 0.5) is 0 Å². The molecule has 2 atom stereocenters. The van der Waals surface area contributed by atoms with E-state index in [-0.39, 0.29) is 6.10 Å². The standard InChI is InChI=1S/C11H13NOS/c1-8-11(14-2)10(12-13-8)9-6-4-3-5-7-9/h3-8,11H,1-2H3/t8-,11-/m1/s1. The fourth-order valence-corrected chi connectivity index (χ4v) is 2.43. The van der Waals surface area contributed by atoms with Crippen LogP contribution in [0.15, 0.2) is 35.5 Å². The van der Waals surface area contributed by atoms with Crippen molar-refractivity contribution >= 4 is 17.5 Å². The molecule has 0 bridgehead atoms. The second kappa shape index (κ2) is 4.05. The van der Waals surface area contributed by atoms with Gasteiger partial charge in [0.2, 0.25) is 0 Å². The maximum atomic E-state index is 5.29. The predicted molar refractivity (Wildman–Crippen MR) is 60.8 cm³/mol. The minimum Gasteiger partial charge on any atom is -0.391 e. The van der Waals surface area contributed by atoms with E-state index in [4.69, 9.17) is 4.84 Å². The highest BCUT2D eigenvalue weighted by Gasteiger charge is 2.30. The summed E-state index contributed by atoms with van der Waals surface area (Å²) >= 11 is 1.79. The van der Waals surface area contributed by atoms with Gasteiger partial charge in [-0.15, -0.1) is 0 Å². The van der Waals surface area contributed by atoms with Crippen molar-refractivity contribution in [3.63, 3.8) is 0 Å². The Bertz CT molecular complexity index is 336. The Balaban J connectivity index is 2.28. The van der Waals surface area contributed by atoms with E-state index >= 15 is 0 Å². The molecule has 1 aromatic rings. The van der Waals surface area contributed by atoms with Crippen molar-refractivity contribution in [1.82, 2.24) is 0 Å². The van der Waals surface area contributed by atoms with Gasteiger partial charge in [-0.3, -0.25) is 0 Å². The van der Waals surface area contributed by atoms with E-state index < -0.39 is 0 Å². The van der Waals surface area contributed by atoms with Crippen molar-refractivity contribution in [2.75, 3.05) is 6.26 Å². The Hall–Kier alpha value is -0.960. The van der Waals surface area contributed by atoms with Crippen molar-refractivity contribution in [3.05, 3.63) is 35.9 Å². The van der Waals surface area contributed by atoms with Gasteiger partial charge in [-0.2, -0.15) is 11.8 Å². The van der Waals surface area contributed by atoms with Gasteiger partial charge < -0.3 is 4.84 Å². The molecule has 0 radical (unpaired) electrons. The molecular formula is C11H13NOS. The van der Waals surface area contributed by atoms with Crippen LogP contribution in [0.2, 0.25) is 0 Å². The summed E-state index contributed by atoms with van der Waals surface area (Å²) in [5.74, 6) is 0. The van der Waals surface area contributed by atoms with Crippen LogP contribution in [-0.2, 0) is 4.84 Å². The molecule has 2 rings (SSSR count). The average molecular weight is 207 g/mol. The van der Waals surface area contributed by atoms with Crippen LogP contribution in [0.3, 0.4) is 0 Å². The summed E-state index contributed by atoms with van der Waals surface area (Å²) in [5, 5.41) is 4.49. The molecule has 0 amide bonds. The number of hydrogen-bond acceptors (Lipinski definition) is 3. The van der Waals surface area contributed by atoms with Crippen molar-refractivity contribution in [3.8, 4) is 0 Å². The SMILES string of the molecule is CS[C@H]1C(c2ccccc2)=NO[C@@H]1C. The molecule has 1 aromatic carbocycles. The number of rotatable bonds is 2. The number of oxime groups is 1. The molecule has 1 aliphatic heterocycles. The lowest BCUT2D eigenvalue weighted by Gasteiger charge is -2.11. The first-order valence-corrected chi connectivity index (χ1v) is 5.93. The molecule has 1 heterocycles. The third-order valence-electron chi connectivity index (χ3n) is 2.34. The molecule has 0 aromatic heterocycles. The maximum Gasteiger partial charge on any atom is 0.142 e. The Morgan fingerprint density at radius 2 is 2.00 bits per heavy atom. The summed E-state index contributed by atoms with van der Waals surface area (Å²) in [6.07, 6.45) is 2.27. The first-order chi connectivity index (χ1) is 6.83. The summed E-state index contributed by atoms with van der Waals surface area (Å²) < 4.78 is 0. The molecule has 74 valence electrons. The normalized spacial score (nSPS) is 25.7. The first-order valence-electron chi connectivity index (χ1n) is 4.65. The van der Waals surface area contributed by atoms with Crippen LogP contribution in [0, 0.1) is 0 Å². The molecule has 0 unspecified atom stereocenters. The molecule has 0 fully saturated rings. The highest BCUT2D eigenvalue weighted by Crippen LogP contribution is 2.25. The monoisotopic (exact) mass is 207 g/mol. The lowest BCUT2D eigenvalue weighted by atomic mass is 10.1. The van der Waals surface area contributed by atoms with Crippen LogP contribution in [0.5, 0.6) is 0 Å². The van der Waals surface area contributed by atoms with E-state index in [1.165, 1.54) is 0 Å². The third-order valence-corrected chi connectivity index (χ3v) is 3.45. The lowest BCUT2D eigenvalue weighted by Crippen LogP contribution is -2.23. The summed E-state index contributed by atoms with van der Waals surface area (Å²) in [6, 6.07) is 10.2. The van der Waals surface area contributed by atoms with E-state index in [0.29, 0.717) is 5.25 Å². The smallest absolute Gasteiger partial charge is 0.142 e. The molecule has 1 aliphatic rings. The summed E-state index contributed by atoms with van der Waals surface area (Å²) in [7, 11) is 0. The second-order valence-electron chi connectivity index (χ2n) is 3.31. The first kappa shape index (κ1) is 9.59. The topological polar surface area (TPSA) is 21.6 Å². The van der Waals surface area contributed by atoms with Gasteiger partial charge in [0, 0.05) is 5.56 Å². The van der Waals surface area contributed by atoms with Crippen molar-refractivity contribution in [2.24, 2.45) is 5.16 Å². The predicted octanol–water partition coefficient (Wildman–Crippen LogP) is 2.54. The molecule has 3 heteroatoms. The fourth-order valence-electron chi connectivity index (χ4n) is 1.60. The molecule has 0 N–H and O–H groups in total. The van der Waals surface area contributed by atoms with Gasteiger partial charge in [-0.1, -0.05) is 35.5 Å². The number of thioether (sulfide) groups is 1. The summed E-state index contributed by atoms with van der Waals surface area (Å²) in [4.78, 5) is 5.29. The van der Waals surface area contributed by atoms with Crippen LogP contribution in [0.1, 0.15) is 12.5 Å². The average Bonchev–Trinajstić information content (AvgIpc) is 2.61. The molecule has 14 heavy (non-hydrogen) atoms. The highest BCUT2D eigenvalue weighted by atomic mass is 32.2. The van der Waals surface area contributed by atoms with E-state index in [9.17, 15) is 0 Å². The zero-order valence-corrected chi connectivity index (χ0v) is 9.12. The number of hydrogen-bond donors (Lipinski definition) is 0. The van der Waals surface area contributed by atoms with E-state index in [1.54, 1.807) is 11.8 Å². The molecule has 0 saturated carbocycles. The third kappa shape index (κ3) is 1.64. The molecule has 2 nitrogen and oxygen atoms in total. The van der Waals surface area contributed by atoms with E-state index in [1.807, 2.05) is 18.2 Å². The minimum atomic E-state index is 0.181. The van der Waals surface area contributed by atoms with Gasteiger partial charge in [-0.05, 0) is 13.2 Å². The Labute approximate surface area is 88.3 Å². The van der Waals surface area contributed by atoms with Crippen LogP contribution in [0.25, 0.3) is 0 Å². The van der Waals surface area contributed by atoms with Gasteiger partial charge in [0.1, 0.15) is 11.8 Å². The van der Waals surface area contributed by atoms with Gasteiger partial charge >= 0.3 is 0 Å². The molecule has 0 aliphatic carbocycles. The van der Waals surface area contributed by atoms with Crippen molar-refractivity contribution in [2.45, 2.75) is 18.3 Å². The van der Waals surface area contributed by atoms with E-state index in [0.717, 1.165) is 11.3 Å². The van der Waals surface area contributed by atoms with Gasteiger partial charge in [0.15, 0.2) is 0 Å². The Morgan fingerprint density at radius 1 is 1.29 bits per heavy atom. The van der Waals surface area contributed by atoms with Gasteiger partial charge in [0.25, 0.3) is 0 Å². The van der Waals surface area contributed by atoms with Crippen LogP contribution >= 0.6 is 11.8 Å². The number of benzene rings is 1. The Morgan fingerprint density at radius 3 is 2.64 bits per heavy atom. The zero-order valence-electron chi connectivity index (χ0n) is 8.31. The second-order valence-corrected chi connectivity index (χ2v) is 4.29. The minimum absolute atomic E-state index is 0.181. The van der Waals surface area contributed by atoms with Crippen LogP contribution in [-0.4, -0.2) is 23.3 Å². The number of nitrogens with zero attached hydrogens (tertiary/aromatic N) is 1.